The predicted octanol–water partition coefficient (Wildman–Crippen LogP) is 3.35. The summed E-state index contributed by atoms with van der Waals surface area (Å²) in [5.41, 5.74) is 2.37. The van der Waals surface area contributed by atoms with Crippen LogP contribution in [-0.4, -0.2) is 39.4 Å². The van der Waals surface area contributed by atoms with E-state index < -0.39 is 0 Å². The third-order valence-corrected chi connectivity index (χ3v) is 5.61. The fraction of sp³-hybridized carbons (Fsp3) is 0.273. The lowest BCUT2D eigenvalue weighted by molar-refractivity contribution is -0.113. The number of anilines is 1. The van der Waals surface area contributed by atoms with Gasteiger partial charge in [-0.05, 0) is 55.8 Å². The molecule has 8 nitrogen and oxygen atoms in total. The summed E-state index contributed by atoms with van der Waals surface area (Å²) >= 11 is 1.29. The molecular weight excluding hydrogens is 414 g/mol. The summed E-state index contributed by atoms with van der Waals surface area (Å²) in [6, 6.07) is 14.1. The lowest BCUT2D eigenvalue weighted by Crippen LogP contribution is -2.28. The summed E-state index contributed by atoms with van der Waals surface area (Å²) in [5, 5.41) is 14.7. The maximum absolute atomic E-state index is 12.5. The van der Waals surface area contributed by atoms with Gasteiger partial charge in [0.2, 0.25) is 5.91 Å². The van der Waals surface area contributed by atoms with Gasteiger partial charge in [-0.1, -0.05) is 23.9 Å². The van der Waals surface area contributed by atoms with Crippen LogP contribution in [0.5, 0.6) is 5.75 Å². The molecule has 2 aromatic carbocycles. The number of aromatic nitrogens is 3. The number of methoxy groups -OCH3 is 1. The van der Waals surface area contributed by atoms with Crippen LogP contribution in [0, 0.1) is 6.92 Å². The van der Waals surface area contributed by atoms with Gasteiger partial charge in [-0.15, -0.1) is 10.2 Å². The second-order valence-electron chi connectivity index (χ2n) is 7.03. The lowest BCUT2D eigenvalue weighted by atomic mass is 10.2. The summed E-state index contributed by atoms with van der Waals surface area (Å²) in [4.78, 5) is 24.7. The van der Waals surface area contributed by atoms with Crippen molar-refractivity contribution in [2.24, 2.45) is 7.05 Å². The SMILES string of the molecule is COc1ccc(C(=O)N[C@@H](C)c2nnc(SCC(=O)Nc3cccc(C)c3)n2C)cc1. The molecule has 3 aromatic rings. The van der Waals surface area contributed by atoms with Gasteiger partial charge in [-0.3, -0.25) is 9.59 Å². The number of ether oxygens (including phenoxy) is 1. The third kappa shape index (κ3) is 5.85. The van der Waals surface area contributed by atoms with Gasteiger partial charge < -0.3 is 19.9 Å². The zero-order valence-electron chi connectivity index (χ0n) is 17.9. The number of hydrogen-bond acceptors (Lipinski definition) is 6. The van der Waals surface area contributed by atoms with Gasteiger partial charge in [0.1, 0.15) is 5.75 Å². The number of aryl methyl sites for hydroxylation is 1. The van der Waals surface area contributed by atoms with Gasteiger partial charge in [-0.2, -0.15) is 0 Å². The first-order valence-corrected chi connectivity index (χ1v) is 10.7. The molecule has 0 radical (unpaired) electrons. The van der Waals surface area contributed by atoms with Gasteiger partial charge in [0.25, 0.3) is 5.91 Å². The molecule has 1 aromatic heterocycles. The molecule has 0 aliphatic carbocycles. The molecule has 0 saturated heterocycles. The van der Waals surface area contributed by atoms with E-state index in [-0.39, 0.29) is 23.6 Å². The van der Waals surface area contributed by atoms with Crippen LogP contribution >= 0.6 is 11.8 Å². The minimum Gasteiger partial charge on any atom is -0.497 e. The van der Waals surface area contributed by atoms with E-state index in [0.717, 1.165) is 11.3 Å². The van der Waals surface area contributed by atoms with Crippen molar-refractivity contribution in [3.05, 3.63) is 65.5 Å². The molecular formula is C22H25N5O3S. The lowest BCUT2D eigenvalue weighted by Gasteiger charge is -2.14. The first kappa shape index (κ1) is 22.4. The first-order chi connectivity index (χ1) is 14.9. The average molecular weight is 440 g/mol. The van der Waals surface area contributed by atoms with Crippen LogP contribution < -0.4 is 15.4 Å². The van der Waals surface area contributed by atoms with Crippen LogP contribution in [0.15, 0.2) is 53.7 Å². The molecule has 3 rings (SSSR count). The smallest absolute Gasteiger partial charge is 0.251 e. The second-order valence-corrected chi connectivity index (χ2v) is 7.97. The van der Waals surface area contributed by atoms with E-state index in [9.17, 15) is 9.59 Å². The minimum atomic E-state index is -0.359. The van der Waals surface area contributed by atoms with E-state index in [2.05, 4.69) is 20.8 Å². The summed E-state index contributed by atoms with van der Waals surface area (Å²) in [6.45, 7) is 3.81. The van der Waals surface area contributed by atoms with Crippen molar-refractivity contribution in [3.8, 4) is 5.75 Å². The fourth-order valence-corrected chi connectivity index (χ4v) is 3.68. The Morgan fingerprint density at radius 1 is 1.16 bits per heavy atom. The van der Waals surface area contributed by atoms with Crippen molar-refractivity contribution in [2.75, 3.05) is 18.2 Å². The quantitative estimate of drug-likeness (QED) is 0.523. The molecule has 31 heavy (non-hydrogen) atoms. The van der Waals surface area contributed by atoms with Crippen molar-refractivity contribution >= 4 is 29.3 Å². The molecule has 0 aliphatic heterocycles. The third-order valence-electron chi connectivity index (χ3n) is 4.59. The van der Waals surface area contributed by atoms with E-state index in [1.165, 1.54) is 11.8 Å². The number of carbonyl (C=O) groups is 2. The van der Waals surface area contributed by atoms with E-state index in [1.54, 1.807) is 35.9 Å². The standard InChI is InChI=1S/C22H25N5O3S/c1-14-6-5-7-17(12-14)24-19(28)13-31-22-26-25-20(27(22)3)15(2)23-21(29)16-8-10-18(30-4)11-9-16/h5-12,15H,13H2,1-4H3,(H,23,29)(H,24,28)/t15-/m0/s1. The van der Waals surface area contributed by atoms with Crippen LogP contribution in [-0.2, 0) is 11.8 Å². The predicted molar refractivity (Wildman–Crippen MR) is 120 cm³/mol. The Hall–Kier alpha value is -3.33. The number of nitrogens with one attached hydrogen (secondary N) is 2. The highest BCUT2D eigenvalue weighted by Gasteiger charge is 2.19. The van der Waals surface area contributed by atoms with Crippen molar-refractivity contribution < 1.29 is 14.3 Å². The number of thioether (sulfide) groups is 1. The summed E-state index contributed by atoms with van der Waals surface area (Å²) < 4.78 is 6.89. The van der Waals surface area contributed by atoms with Gasteiger partial charge in [-0.25, -0.2) is 0 Å². The molecule has 0 unspecified atom stereocenters. The molecule has 1 atom stereocenters. The number of amides is 2. The molecule has 0 spiro atoms. The van der Waals surface area contributed by atoms with E-state index in [4.69, 9.17) is 4.74 Å². The maximum Gasteiger partial charge on any atom is 0.251 e. The van der Waals surface area contributed by atoms with Crippen LogP contribution in [0.4, 0.5) is 5.69 Å². The van der Waals surface area contributed by atoms with Crippen molar-refractivity contribution in [3.63, 3.8) is 0 Å². The normalized spacial score (nSPS) is 11.6. The molecule has 0 aliphatic rings. The van der Waals surface area contributed by atoms with Gasteiger partial charge in [0.05, 0.1) is 18.9 Å². The maximum atomic E-state index is 12.5. The van der Waals surface area contributed by atoms with E-state index >= 15 is 0 Å². The molecule has 9 heteroatoms. The fourth-order valence-electron chi connectivity index (χ4n) is 2.97. The van der Waals surface area contributed by atoms with Crippen LogP contribution in [0.2, 0.25) is 0 Å². The first-order valence-electron chi connectivity index (χ1n) is 9.71. The Kier molecular flexibility index (Phi) is 7.30. The molecule has 0 bridgehead atoms. The molecule has 2 N–H and O–H groups in total. The summed E-state index contributed by atoms with van der Waals surface area (Å²) in [7, 11) is 3.39. The van der Waals surface area contributed by atoms with Crippen molar-refractivity contribution in [1.29, 1.82) is 0 Å². The highest BCUT2D eigenvalue weighted by Crippen LogP contribution is 2.20. The topological polar surface area (TPSA) is 98.1 Å². The number of hydrogen-bond donors (Lipinski definition) is 2. The monoisotopic (exact) mass is 439 g/mol. The van der Waals surface area contributed by atoms with Gasteiger partial charge in [0.15, 0.2) is 11.0 Å². The molecule has 1 heterocycles. The molecule has 0 fully saturated rings. The highest BCUT2D eigenvalue weighted by atomic mass is 32.2. The Morgan fingerprint density at radius 2 is 1.90 bits per heavy atom. The Labute approximate surface area is 185 Å². The van der Waals surface area contributed by atoms with Crippen LogP contribution in [0.25, 0.3) is 0 Å². The average Bonchev–Trinajstić information content (AvgIpc) is 3.12. The van der Waals surface area contributed by atoms with Crippen LogP contribution in [0.3, 0.4) is 0 Å². The molecule has 162 valence electrons. The van der Waals surface area contributed by atoms with Gasteiger partial charge >= 0.3 is 0 Å². The summed E-state index contributed by atoms with van der Waals surface area (Å²) in [5.74, 6) is 1.15. The minimum absolute atomic E-state index is 0.124. The van der Waals surface area contributed by atoms with E-state index in [1.807, 2.05) is 45.2 Å². The number of carbonyl (C=O) groups excluding carboxylic acids is 2. The molecule has 2 amide bonds. The van der Waals surface area contributed by atoms with Crippen LogP contribution in [0.1, 0.15) is 34.7 Å². The van der Waals surface area contributed by atoms with Gasteiger partial charge in [0, 0.05) is 18.3 Å². The van der Waals surface area contributed by atoms with Crippen molar-refractivity contribution in [2.45, 2.75) is 25.0 Å². The second kappa shape index (κ2) is 10.1. The number of benzene rings is 2. The van der Waals surface area contributed by atoms with Crippen molar-refractivity contribution in [1.82, 2.24) is 20.1 Å². The number of nitrogens with zero attached hydrogens (tertiary/aromatic N) is 3. The Morgan fingerprint density at radius 3 is 2.58 bits per heavy atom. The largest absolute Gasteiger partial charge is 0.497 e. The molecule has 0 saturated carbocycles. The summed E-state index contributed by atoms with van der Waals surface area (Å²) in [6.07, 6.45) is 0. The van der Waals surface area contributed by atoms with E-state index in [0.29, 0.717) is 22.3 Å². The highest BCUT2D eigenvalue weighted by molar-refractivity contribution is 7.99. The Bertz CT molecular complexity index is 1070. The number of rotatable bonds is 8. The Balaban J connectivity index is 1.57. The zero-order chi connectivity index (χ0) is 22.4. The zero-order valence-corrected chi connectivity index (χ0v) is 18.7.